The summed E-state index contributed by atoms with van der Waals surface area (Å²) in [5.74, 6) is -0.495. The Morgan fingerprint density at radius 2 is 1.89 bits per heavy atom. The van der Waals surface area contributed by atoms with Crippen LogP contribution in [0.15, 0.2) is 29.1 Å². The van der Waals surface area contributed by atoms with E-state index in [1.807, 2.05) is 19.0 Å². The number of benzene rings is 1. The highest BCUT2D eigenvalue weighted by Crippen LogP contribution is 2.47. The smallest absolute Gasteiger partial charge is 0.412 e. The van der Waals surface area contributed by atoms with E-state index in [0.717, 1.165) is 16.5 Å². The van der Waals surface area contributed by atoms with Crippen molar-refractivity contribution in [2.75, 3.05) is 40.0 Å². The molecule has 2 aromatic heterocycles. The summed E-state index contributed by atoms with van der Waals surface area (Å²) in [6.45, 7) is 6.12. The topological polar surface area (TPSA) is 159 Å². The molecule has 0 spiro atoms. The number of aromatic nitrogens is 2. The first kappa shape index (κ1) is 31.8. The van der Waals surface area contributed by atoms with Crippen molar-refractivity contribution < 1.29 is 37.8 Å². The predicted molar refractivity (Wildman–Crippen MR) is 162 cm³/mol. The van der Waals surface area contributed by atoms with Crippen molar-refractivity contribution in [3.63, 3.8) is 0 Å². The number of rotatable bonds is 11. The fourth-order valence-corrected chi connectivity index (χ4v) is 7.20. The van der Waals surface area contributed by atoms with Gasteiger partial charge in [0.1, 0.15) is 12.4 Å². The van der Waals surface area contributed by atoms with E-state index < -0.39 is 25.3 Å². The molecule has 14 heteroatoms. The minimum atomic E-state index is -3.31. The van der Waals surface area contributed by atoms with E-state index in [1.54, 1.807) is 49.6 Å². The van der Waals surface area contributed by atoms with Gasteiger partial charge in [-0.25, -0.2) is 14.6 Å². The molecule has 2 N–H and O–H groups in total. The fraction of sp³-hybridized carbons (Fsp3) is 0.467. The average molecular weight is 629 g/mol. The van der Waals surface area contributed by atoms with Gasteiger partial charge in [0.15, 0.2) is 5.60 Å². The number of carbonyl (C=O) groups excluding carboxylic acids is 2. The average Bonchev–Trinajstić information content (AvgIpc) is 3.34. The zero-order valence-corrected chi connectivity index (χ0v) is 26.4. The lowest BCUT2D eigenvalue weighted by Gasteiger charge is -2.31. The van der Waals surface area contributed by atoms with Gasteiger partial charge in [-0.2, -0.15) is 0 Å². The van der Waals surface area contributed by atoms with Gasteiger partial charge in [-0.1, -0.05) is 6.92 Å². The number of hydrogen-bond donors (Lipinski definition) is 2. The normalized spacial score (nSPS) is 17.3. The number of carbonyl (C=O) groups is 2. The number of cyclic esters (lactones) is 1. The van der Waals surface area contributed by atoms with Crippen LogP contribution < -0.4 is 15.6 Å². The Morgan fingerprint density at radius 1 is 1.16 bits per heavy atom. The Balaban J connectivity index is 1.48. The van der Waals surface area contributed by atoms with Gasteiger partial charge in [0.2, 0.25) is 0 Å². The summed E-state index contributed by atoms with van der Waals surface area (Å²) in [5, 5.41) is 14.5. The van der Waals surface area contributed by atoms with Crippen molar-refractivity contribution in [3.8, 4) is 17.1 Å². The number of amides is 1. The minimum absolute atomic E-state index is 0.00381. The van der Waals surface area contributed by atoms with Gasteiger partial charge in [-0.3, -0.25) is 9.36 Å². The molecule has 0 fully saturated rings. The summed E-state index contributed by atoms with van der Waals surface area (Å²) in [6, 6.07) is 6.76. The number of fused-ring (bicyclic) bond motifs is 5. The maximum atomic E-state index is 13.6. The predicted octanol–water partition coefficient (Wildman–Crippen LogP) is 3.50. The molecule has 236 valence electrons. The number of aliphatic hydroxyl groups is 1. The SMILES string of the molecule is CCOP(=O)(CCNC(=O)Oc1ccc2nc3c(c(CN(C)C)c2c1)Cn1c-3cc2c(c1=O)COC(=O)[C@]2(O)CC)OCC. The van der Waals surface area contributed by atoms with E-state index in [-0.39, 0.29) is 67.9 Å². The lowest BCUT2D eigenvalue weighted by molar-refractivity contribution is -0.172. The molecular formula is C30H37N4O9P. The first-order valence-corrected chi connectivity index (χ1v) is 16.3. The van der Waals surface area contributed by atoms with Crippen LogP contribution in [0, 0.1) is 0 Å². The van der Waals surface area contributed by atoms with E-state index in [0.29, 0.717) is 23.4 Å². The van der Waals surface area contributed by atoms with Crippen molar-refractivity contribution in [2.24, 2.45) is 0 Å². The molecule has 44 heavy (non-hydrogen) atoms. The van der Waals surface area contributed by atoms with E-state index in [2.05, 4.69) is 5.32 Å². The maximum Gasteiger partial charge on any atom is 0.412 e. The van der Waals surface area contributed by atoms with Crippen LogP contribution in [0.4, 0.5) is 4.79 Å². The van der Waals surface area contributed by atoms with Crippen LogP contribution in [0.3, 0.4) is 0 Å². The largest absolute Gasteiger partial charge is 0.458 e. The standard InChI is InChI=1S/C30H37N4O9P/c1-6-30(38)23-14-25-26-21(16-34(25)27(35)22(23)17-40-28(30)36)20(15-33(4)5)19-13-18(9-10-24(19)32-26)43-29(37)31-11-12-44(39,41-7-2)42-8-3/h9-10,13-14,38H,6-8,11-12,15-17H2,1-5H3,(H,31,37)/t30-/m0/s1. The molecule has 2 aliphatic rings. The van der Waals surface area contributed by atoms with Gasteiger partial charge in [0.05, 0.1) is 48.4 Å². The molecule has 2 aliphatic heterocycles. The second-order valence-electron chi connectivity index (χ2n) is 10.9. The first-order chi connectivity index (χ1) is 20.9. The second-order valence-corrected chi connectivity index (χ2v) is 13.1. The van der Waals surface area contributed by atoms with Crippen LogP contribution in [-0.4, -0.2) is 71.6 Å². The summed E-state index contributed by atoms with van der Waals surface area (Å²) < 4.78 is 35.5. The van der Waals surface area contributed by atoms with Crippen molar-refractivity contribution in [2.45, 2.75) is 52.5 Å². The van der Waals surface area contributed by atoms with Gasteiger partial charge >= 0.3 is 19.7 Å². The summed E-state index contributed by atoms with van der Waals surface area (Å²) in [5.41, 5.74) is 1.70. The maximum absolute atomic E-state index is 13.6. The Kier molecular flexibility index (Phi) is 8.97. The summed E-state index contributed by atoms with van der Waals surface area (Å²) in [7, 11) is 0.536. The molecule has 3 aromatic rings. The van der Waals surface area contributed by atoms with E-state index >= 15 is 0 Å². The van der Waals surface area contributed by atoms with E-state index in [9.17, 15) is 24.1 Å². The van der Waals surface area contributed by atoms with Crippen molar-refractivity contribution in [1.82, 2.24) is 19.8 Å². The molecule has 1 aromatic carbocycles. The highest BCUT2D eigenvalue weighted by molar-refractivity contribution is 7.53. The van der Waals surface area contributed by atoms with Gasteiger partial charge in [-0.15, -0.1) is 0 Å². The van der Waals surface area contributed by atoms with Gasteiger partial charge in [0, 0.05) is 29.6 Å². The number of ether oxygens (including phenoxy) is 2. The third-order valence-electron chi connectivity index (χ3n) is 7.77. The molecular weight excluding hydrogens is 591 g/mol. The Labute approximate surface area is 254 Å². The lowest BCUT2D eigenvalue weighted by Crippen LogP contribution is -2.44. The lowest BCUT2D eigenvalue weighted by atomic mass is 9.86. The summed E-state index contributed by atoms with van der Waals surface area (Å²) in [6.07, 6.45) is -0.665. The Bertz CT molecular complexity index is 1730. The molecule has 5 rings (SSSR count). The molecule has 13 nitrogen and oxygen atoms in total. The third-order valence-corrected chi connectivity index (χ3v) is 9.84. The number of pyridine rings is 2. The molecule has 1 amide bonds. The van der Waals surface area contributed by atoms with Gasteiger partial charge in [-0.05, 0) is 64.2 Å². The van der Waals surface area contributed by atoms with E-state index in [4.69, 9.17) is 23.5 Å². The molecule has 4 heterocycles. The van der Waals surface area contributed by atoms with Crippen LogP contribution in [0.1, 0.15) is 49.4 Å². The molecule has 0 unspecified atom stereocenters. The van der Waals surface area contributed by atoms with Crippen LogP contribution in [-0.2, 0) is 48.4 Å². The third kappa shape index (κ3) is 5.78. The zero-order chi connectivity index (χ0) is 31.8. The fourth-order valence-electron chi connectivity index (χ4n) is 5.70. The monoisotopic (exact) mass is 628 g/mol. The Hall–Kier alpha value is -3.61. The molecule has 0 aliphatic carbocycles. The van der Waals surface area contributed by atoms with Crippen LogP contribution in [0.2, 0.25) is 0 Å². The van der Waals surface area contributed by atoms with Gasteiger partial charge < -0.3 is 38.4 Å². The minimum Gasteiger partial charge on any atom is -0.458 e. The molecule has 0 saturated heterocycles. The van der Waals surface area contributed by atoms with E-state index in [1.165, 1.54) is 0 Å². The number of nitrogens with one attached hydrogen (secondary N) is 1. The summed E-state index contributed by atoms with van der Waals surface area (Å²) >= 11 is 0. The quantitative estimate of drug-likeness (QED) is 0.185. The van der Waals surface area contributed by atoms with Crippen LogP contribution in [0.5, 0.6) is 5.75 Å². The van der Waals surface area contributed by atoms with Crippen molar-refractivity contribution in [1.29, 1.82) is 0 Å². The number of nitrogens with zero attached hydrogens (tertiary/aromatic N) is 3. The van der Waals surface area contributed by atoms with Gasteiger partial charge in [0.25, 0.3) is 5.56 Å². The van der Waals surface area contributed by atoms with Crippen LogP contribution >= 0.6 is 7.60 Å². The molecule has 0 radical (unpaired) electrons. The highest BCUT2D eigenvalue weighted by atomic mass is 31.2. The Morgan fingerprint density at radius 3 is 2.55 bits per heavy atom. The summed E-state index contributed by atoms with van der Waals surface area (Å²) in [4.78, 5) is 45.6. The zero-order valence-electron chi connectivity index (χ0n) is 25.5. The molecule has 0 saturated carbocycles. The van der Waals surface area contributed by atoms with Crippen molar-refractivity contribution >= 4 is 30.6 Å². The first-order valence-electron chi connectivity index (χ1n) is 14.6. The van der Waals surface area contributed by atoms with Crippen molar-refractivity contribution in [3.05, 3.63) is 56.9 Å². The molecule has 0 bridgehead atoms. The highest BCUT2D eigenvalue weighted by Gasteiger charge is 2.45. The second kappa shape index (κ2) is 12.4. The van der Waals surface area contributed by atoms with Crippen LogP contribution in [0.25, 0.3) is 22.3 Å². The molecule has 1 atom stereocenters. The number of esters is 1. The number of hydrogen-bond acceptors (Lipinski definition) is 11.